The van der Waals surface area contributed by atoms with E-state index in [1.165, 1.54) is 0 Å². The van der Waals surface area contributed by atoms with E-state index in [2.05, 4.69) is 6.07 Å². The van der Waals surface area contributed by atoms with E-state index in [9.17, 15) is 9.59 Å². The molecule has 1 saturated carbocycles. The molecule has 3 aromatic rings. The molecule has 0 saturated heterocycles. The number of rotatable bonds is 2. The lowest BCUT2D eigenvalue weighted by molar-refractivity contribution is 0.0739. The molecule has 1 aromatic carbocycles. The van der Waals surface area contributed by atoms with Crippen molar-refractivity contribution >= 4 is 27.3 Å². The Bertz CT molecular complexity index is 1010. The second kappa shape index (κ2) is 5.56. The zero-order valence-corrected chi connectivity index (χ0v) is 14.6. The van der Waals surface area contributed by atoms with Crippen LogP contribution in [0, 0.1) is 0 Å². The van der Waals surface area contributed by atoms with E-state index in [1.54, 1.807) is 17.4 Å². The topological polar surface area (TPSA) is 42.3 Å². The van der Waals surface area contributed by atoms with Gasteiger partial charge in [-0.05, 0) is 47.9 Å². The number of aromatic nitrogens is 1. The molecule has 126 valence electrons. The summed E-state index contributed by atoms with van der Waals surface area (Å²) in [6.07, 6.45) is 4.92. The van der Waals surface area contributed by atoms with Crippen LogP contribution >= 0.6 is 11.3 Å². The molecule has 2 aromatic heterocycles. The average molecular weight is 350 g/mol. The average Bonchev–Trinajstić information content (AvgIpc) is 3.38. The van der Waals surface area contributed by atoms with E-state index in [1.807, 2.05) is 39.9 Å². The third-order valence-electron chi connectivity index (χ3n) is 5.14. The van der Waals surface area contributed by atoms with Gasteiger partial charge in [-0.15, -0.1) is 11.3 Å². The maximum absolute atomic E-state index is 12.9. The lowest BCUT2D eigenvalue weighted by atomic mass is 10.0. The van der Waals surface area contributed by atoms with E-state index in [0.29, 0.717) is 19.1 Å². The quantitative estimate of drug-likeness (QED) is 0.709. The molecule has 1 fully saturated rings. The number of carbonyl (C=O) groups is 1. The second-order valence-corrected chi connectivity index (χ2v) is 8.01. The molecule has 1 aliphatic carbocycles. The normalized spacial score (nSPS) is 16.9. The van der Waals surface area contributed by atoms with Gasteiger partial charge in [0.15, 0.2) is 0 Å². The lowest BCUT2D eigenvalue weighted by Gasteiger charge is -2.29. The third kappa shape index (κ3) is 2.59. The van der Waals surface area contributed by atoms with Crippen LogP contribution in [0.3, 0.4) is 0 Å². The maximum atomic E-state index is 12.9. The Kier molecular flexibility index (Phi) is 3.31. The van der Waals surface area contributed by atoms with Gasteiger partial charge < -0.3 is 9.47 Å². The van der Waals surface area contributed by atoms with Crippen LogP contribution in [0.1, 0.15) is 39.7 Å². The van der Waals surface area contributed by atoms with Crippen molar-refractivity contribution in [3.8, 4) is 0 Å². The van der Waals surface area contributed by atoms with Crippen LogP contribution in [0.25, 0.3) is 10.1 Å². The highest BCUT2D eigenvalue weighted by atomic mass is 32.1. The summed E-state index contributed by atoms with van der Waals surface area (Å²) in [6, 6.07) is 12.2. The van der Waals surface area contributed by atoms with Crippen LogP contribution in [-0.2, 0) is 13.0 Å². The van der Waals surface area contributed by atoms with Crippen molar-refractivity contribution in [1.82, 2.24) is 9.47 Å². The summed E-state index contributed by atoms with van der Waals surface area (Å²) in [6.45, 7) is 1.27. The Labute approximate surface area is 149 Å². The van der Waals surface area contributed by atoms with Crippen LogP contribution < -0.4 is 5.56 Å². The number of nitrogens with zero attached hydrogens (tertiary/aromatic N) is 2. The predicted octanol–water partition coefficient (Wildman–Crippen LogP) is 3.60. The zero-order valence-electron chi connectivity index (χ0n) is 13.8. The molecule has 4 nitrogen and oxygen atoms in total. The van der Waals surface area contributed by atoms with Crippen LogP contribution in [0.5, 0.6) is 0 Å². The van der Waals surface area contributed by atoms with Crippen molar-refractivity contribution in [2.45, 2.75) is 31.8 Å². The molecule has 1 aliphatic heterocycles. The molecule has 5 heteroatoms. The van der Waals surface area contributed by atoms with Gasteiger partial charge in [-0.2, -0.15) is 0 Å². The van der Waals surface area contributed by atoms with E-state index in [4.69, 9.17) is 0 Å². The van der Waals surface area contributed by atoms with Gasteiger partial charge in [0.1, 0.15) is 0 Å². The van der Waals surface area contributed by atoms with Crippen molar-refractivity contribution in [3.05, 3.63) is 69.0 Å². The van der Waals surface area contributed by atoms with Gasteiger partial charge in [0.25, 0.3) is 11.5 Å². The molecule has 2 aliphatic rings. The Morgan fingerprint density at radius 2 is 1.96 bits per heavy atom. The molecule has 0 bridgehead atoms. The van der Waals surface area contributed by atoms with Crippen molar-refractivity contribution in [2.75, 3.05) is 6.54 Å². The molecule has 0 spiro atoms. The number of pyridine rings is 1. The molecule has 0 unspecified atom stereocenters. The zero-order chi connectivity index (χ0) is 17.0. The van der Waals surface area contributed by atoms with Crippen LogP contribution in [0.15, 0.2) is 47.4 Å². The number of fused-ring (bicyclic) bond motifs is 2. The van der Waals surface area contributed by atoms with Gasteiger partial charge in [0, 0.05) is 36.1 Å². The van der Waals surface area contributed by atoms with E-state index in [0.717, 1.165) is 45.4 Å². The first kappa shape index (κ1) is 14.9. The van der Waals surface area contributed by atoms with Gasteiger partial charge in [-0.3, -0.25) is 9.59 Å². The lowest BCUT2D eigenvalue weighted by Crippen LogP contribution is -2.37. The Morgan fingerprint density at radius 1 is 1.12 bits per heavy atom. The largest absolute Gasteiger partial charge is 0.333 e. The van der Waals surface area contributed by atoms with Crippen molar-refractivity contribution < 1.29 is 4.79 Å². The van der Waals surface area contributed by atoms with E-state index >= 15 is 0 Å². The highest BCUT2D eigenvalue weighted by Crippen LogP contribution is 2.34. The second-order valence-electron chi connectivity index (χ2n) is 6.93. The van der Waals surface area contributed by atoms with Gasteiger partial charge in [0.05, 0.1) is 4.88 Å². The maximum Gasteiger partial charge on any atom is 0.264 e. The van der Waals surface area contributed by atoms with Crippen molar-refractivity contribution in [3.63, 3.8) is 0 Å². The molecule has 0 atom stereocenters. The molecular formula is C20H18N2O2S. The highest BCUT2D eigenvalue weighted by molar-refractivity contribution is 7.20. The van der Waals surface area contributed by atoms with Gasteiger partial charge in [-0.1, -0.05) is 18.2 Å². The molecule has 0 N–H and O–H groups in total. The summed E-state index contributed by atoms with van der Waals surface area (Å²) in [7, 11) is 0. The summed E-state index contributed by atoms with van der Waals surface area (Å²) in [4.78, 5) is 27.8. The molecule has 5 rings (SSSR count). The molecular weight excluding hydrogens is 332 g/mol. The number of carbonyl (C=O) groups excluding carboxylic acids is 1. The first-order valence-electron chi connectivity index (χ1n) is 8.71. The first-order chi connectivity index (χ1) is 12.2. The Balaban J connectivity index is 1.45. The van der Waals surface area contributed by atoms with E-state index in [-0.39, 0.29) is 11.5 Å². The molecule has 25 heavy (non-hydrogen) atoms. The van der Waals surface area contributed by atoms with Crippen molar-refractivity contribution in [1.29, 1.82) is 0 Å². The van der Waals surface area contributed by atoms with Crippen LogP contribution in [0.4, 0.5) is 0 Å². The number of hydrogen-bond donors (Lipinski definition) is 0. The van der Waals surface area contributed by atoms with Crippen LogP contribution in [0.2, 0.25) is 0 Å². The summed E-state index contributed by atoms with van der Waals surface area (Å²) < 4.78 is 3.00. The fourth-order valence-electron chi connectivity index (χ4n) is 3.60. The molecule has 1 amide bonds. The number of benzene rings is 1. The smallest absolute Gasteiger partial charge is 0.264 e. The third-order valence-corrected chi connectivity index (χ3v) is 6.24. The number of amides is 1. The van der Waals surface area contributed by atoms with Gasteiger partial charge >= 0.3 is 0 Å². The number of hydrogen-bond acceptors (Lipinski definition) is 3. The summed E-state index contributed by atoms with van der Waals surface area (Å²) in [5.74, 6) is 0.0935. The summed E-state index contributed by atoms with van der Waals surface area (Å²) in [5.41, 5.74) is 2.32. The fourth-order valence-corrected chi connectivity index (χ4v) is 4.63. The minimum atomic E-state index is 0.0935. The monoisotopic (exact) mass is 350 g/mol. The first-order valence-corrected chi connectivity index (χ1v) is 9.52. The predicted molar refractivity (Wildman–Crippen MR) is 99.2 cm³/mol. The fraction of sp³-hybridized carbons (Fsp3) is 0.300. The summed E-state index contributed by atoms with van der Waals surface area (Å²) in [5, 5.41) is 1.12. The van der Waals surface area contributed by atoms with Crippen molar-refractivity contribution in [2.24, 2.45) is 0 Å². The summed E-state index contributed by atoms with van der Waals surface area (Å²) >= 11 is 1.55. The molecule has 0 radical (unpaired) electrons. The highest BCUT2D eigenvalue weighted by Gasteiger charge is 2.28. The minimum Gasteiger partial charge on any atom is -0.333 e. The Morgan fingerprint density at radius 3 is 2.76 bits per heavy atom. The minimum absolute atomic E-state index is 0.0935. The van der Waals surface area contributed by atoms with Crippen LogP contribution in [-0.4, -0.2) is 21.9 Å². The standard InChI is InChI=1S/C20H18N2O2S/c23-19-10-13-7-8-21(11-15(13)12-22(19)16-5-6-16)20(24)18-9-14-3-1-2-4-17(14)25-18/h1-4,9-10,12,16H,5-8,11H2. The SMILES string of the molecule is O=C(c1cc2ccccc2s1)N1CCc2cc(=O)n(C3CC3)cc2C1. The van der Waals surface area contributed by atoms with E-state index < -0.39 is 0 Å². The Hall–Kier alpha value is -2.40. The molecule has 3 heterocycles. The van der Waals surface area contributed by atoms with Gasteiger partial charge in [-0.25, -0.2) is 0 Å². The number of thiophene rings is 1. The van der Waals surface area contributed by atoms with Gasteiger partial charge in [0.2, 0.25) is 0 Å².